The lowest BCUT2D eigenvalue weighted by Gasteiger charge is -2.29. The Morgan fingerprint density at radius 1 is 1.18 bits per heavy atom. The second-order valence-electron chi connectivity index (χ2n) is 6.22. The van der Waals surface area contributed by atoms with Gasteiger partial charge in [-0.2, -0.15) is 0 Å². The van der Waals surface area contributed by atoms with Crippen LogP contribution in [-0.4, -0.2) is 25.0 Å². The quantitative estimate of drug-likeness (QED) is 0.770. The van der Waals surface area contributed by atoms with Gasteiger partial charge < -0.3 is 10.6 Å². The predicted molar refractivity (Wildman–Crippen MR) is 69.6 cm³/mol. The lowest BCUT2D eigenvalue weighted by Crippen LogP contribution is -2.47. The lowest BCUT2D eigenvalue weighted by molar-refractivity contribution is -0.126. The fourth-order valence-corrected chi connectivity index (χ4v) is 3.23. The topological polar surface area (TPSA) is 41.1 Å². The molecule has 0 aromatic carbocycles. The fourth-order valence-electron chi connectivity index (χ4n) is 3.23. The number of rotatable bonds is 2. The molecule has 1 aliphatic heterocycles. The minimum absolute atomic E-state index is 0.182. The smallest absolute Gasteiger partial charge is 0.224 e. The summed E-state index contributed by atoms with van der Waals surface area (Å²) < 4.78 is 0. The standard InChI is InChI=1S/C14H26N2O/c1-9-6-12(8-15-7-9)14(17)16-13-5-4-10(2)11(13)3/h9-13,15H,4-8H2,1-3H3,(H,16,17). The van der Waals surface area contributed by atoms with Crippen molar-refractivity contribution in [3.8, 4) is 0 Å². The van der Waals surface area contributed by atoms with Crippen molar-refractivity contribution < 1.29 is 4.79 Å². The van der Waals surface area contributed by atoms with Crippen molar-refractivity contribution in [2.24, 2.45) is 23.7 Å². The molecule has 5 atom stereocenters. The first kappa shape index (κ1) is 12.9. The van der Waals surface area contributed by atoms with Crippen LogP contribution in [0.3, 0.4) is 0 Å². The van der Waals surface area contributed by atoms with Gasteiger partial charge in [0.1, 0.15) is 0 Å². The van der Waals surface area contributed by atoms with E-state index < -0.39 is 0 Å². The Morgan fingerprint density at radius 3 is 2.53 bits per heavy atom. The molecule has 0 aromatic heterocycles. The van der Waals surface area contributed by atoms with Crippen LogP contribution in [0.5, 0.6) is 0 Å². The highest BCUT2D eigenvalue weighted by molar-refractivity contribution is 5.79. The maximum atomic E-state index is 12.2. The van der Waals surface area contributed by atoms with E-state index in [0.29, 0.717) is 17.9 Å². The first-order chi connectivity index (χ1) is 8.08. The molecule has 0 bridgehead atoms. The van der Waals surface area contributed by atoms with Crippen LogP contribution in [-0.2, 0) is 4.79 Å². The molecule has 1 saturated carbocycles. The molecule has 5 unspecified atom stereocenters. The normalized spacial score (nSPS) is 42.4. The minimum Gasteiger partial charge on any atom is -0.353 e. The average Bonchev–Trinajstić information content (AvgIpc) is 2.61. The molecule has 3 heteroatoms. The Balaban J connectivity index is 1.84. The average molecular weight is 238 g/mol. The summed E-state index contributed by atoms with van der Waals surface area (Å²) in [4.78, 5) is 12.2. The van der Waals surface area contributed by atoms with Gasteiger partial charge >= 0.3 is 0 Å². The number of nitrogens with one attached hydrogen (secondary N) is 2. The van der Waals surface area contributed by atoms with Crippen LogP contribution >= 0.6 is 0 Å². The Kier molecular flexibility index (Phi) is 4.08. The van der Waals surface area contributed by atoms with Crippen molar-refractivity contribution in [3.63, 3.8) is 0 Å². The molecule has 0 radical (unpaired) electrons. The highest BCUT2D eigenvalue weighted by Crippen LogP contribution is 2.31. The molecule has 1 amide bonds. The summed E-state index contributed by atoms with van der Waals surface area (Å²) in [7, 11) is 0. The van der Waals surface area contributed by atoms with Crippen molar-refractivity contribution in [2.45, 2.75) is 46.1 Å². The Hall–Kier alpha value is -0.570. The van der Waals surface area contributed by atoms with Crippen molar-refractivity contribution in [1.29, 1.82) is 0 Å². The van der Waals surface area contributed by atoms with Crippen LogP contribution in [0.4, 0.5) is 0 Å². The molecule has 0 aromatic rings. The SMILES string of the molecule is CC1CNCC(C(=O)NC2CCC(C)C2C)C1. The van der Waals surface area contributed by atoms with E-state index in [0.717, 1.165) is 31.8 Å². The van der Waals surface area contributed by atoms with Gasteiger partial charge in [0.2, 0.25) is 5.91 Å². The Labute approximate surface area is 105 Å². The number of piperidine rings is 1. The van der Waals surface area contributed by atoms with Crippen molar-refractivity contribution >= 4 is 5.91 Å². The fraction of sp³-hybridized carbons (Fsp3) is 0.929. The zero-order valence-corrected chi connectivity index (χ0v) is 11.3. The molecule has 1 aliphatic carbocycles. The second kappa shape index (κ2) is 5.38. The summed E-state index contributed by atoms with van der Waals surface area (Å²) in [5.74, 6) is 2.47. The zero-order chi connectivity index (χ0) is 12.4. The monoisotopic (exact) mass is 238 g/mol. The highest BCUT2D eigenvalue weighted by atomic mass is 16.2. The van der Waals surface area contributed by atoms with Gasteiger partial charge in [-0.25, -0.2) is 0 Å². The van der Waals surface area contributed by atoms with E-state index in [2.05, 4.69) is 31.4 Å². The van der Waals surface area contributed by atoms with Gasteiger partial charge in [-0.1, -0.05) is 20.8 Å². The third kappa shape index (κ3) is 3.01. The van der Waals surface area contributed by atoms with Gasteiger partial charge in [-0.3, -0.25) is 4.79 Å². The Morgan fingerprint density at radius 2 is 1.94 bits per heavy atom. The number of hydrogen-bond acceptors (Lipinski definition) is 2. The first-order valence-electron chi connectivity index (χ1n) is 7.09. The summed E-state index contributed by atoms with van der Waals surface area (Å²) in [5, 5.41) is 6.62. The largest absolute Gasteiger partial charge is 0.353 e. The molecule has 2 aliphatic rings. The molecule has 17 heavy (non-hydrogen) atoms. The van der Waals surface area contributed by atoms with Gasteiger partial charge in [-0.15, -0.1) is 0 Å². The number of hydrogen-bond donors (Lipinski definition) is 2. The van der Waals surface area contributed by atoms with Gasteiger partial charge in [0.05, 0.1) is 5.92 Å². The van der Waals surface area contributed by atoms with Crippen LogP contribution in [0.15, 0.2) is 0 Å². The van der Waals surface area contributed by atoms with E-state index in [4.69, 9.17) is 0 Å². The minimum atomic E-state index is 0.182. The molecule has 2 N–H and O–H groups in total. The number of carbonyl (C=O) groups is 1. The molecule has 2 rings (SSSR count). The summed E-state index contributed by atoms with van der Waals surface area (Å²) in [5.41, 5.74) is 0. The van der Waals surface area contributed by atoms with Gasteiger partial charge in [0.15, 0.2) is 0 Å². The van der Waals surface area contributed by atoms with Gasteiger partial charge in [-0.05, 0) is 43.6 Å². The van der Waals surface area contributed by atoms with Crippen LogP contribution in [0, 0.1) is 23.7 Å². The van der Waals surface area contributed by atoms with Crippen LogP contribution in [0.2, 0.25) is 0 Å². The van der Waals surface area contributed by atoms with Crippen LogP contribution in [0.1, 0.15) is 40.0 Å². The van der Waals surface area contributed by atoms with Crippen LogP contribution in [0.25, 0.3) is 0 Å². The Bertz CT molecular complexity index is 279. The summed E-state index contributed by atoms with van der Waals surface area (Å²) >= 11 is 0. The van der Waals surface area contributed by atoms with Crippen molar-refractivity contribution in [3.05, 3.63) is 0 Å². The molecule has 98 valence electrons. The lowest BCUT2D eigenvalue weighted by atomic mass is 9.90. The van der Waals surface area contributed by atoms with Crippen molar-refractivity contribution in [2.75, 3.05) is 13.1 Å². The van der Waals surface area contributed by atoms with E-state index in [1.165, 1.54) is 6.42 Å². The number of carbonyl (C=O) groups excluding carboxylic acids is 1. The molecule has 2 fully saturated rings. The maximum absolute atomic E-state index is 12.2. The van der Waals surface area contributed by atoms with E-state index in [9.17, 15) is 4.79 Å². The summed E-state index contributed by atoms with van der Waals surface area (Å²) in [6.45, 7) is 8.69. The molecular weight excluding hydrogens is 212 g/mol. The molecule has 1 saturated heterocycles. The third-order valence-corrected chi connectivity index (χ3v) is 4.73. The summed E-state index contributed by atoms with van der Waals surface area (Å²) in [6.07, 6.45) is 3.45. The van der Waals surface area contributed by atoms with Crippen LogP contribution < -0.4 is 10.6 Å². The highest BCUT2D eigenvalue weighted by Gasteiger charge is 2.33. The van der Waals surface area contributed by atoms with E-state index in [1.807, 2.05) is 0 Å². The van der Waals surface area contributed by atoms with Gasteiger partial charge in [0, 0.05) is 12.6 Å². The molecule has 1 heterocycles. The van der Waals surface area contributed by atoms with E-state index in [-0.39, 0.29) is 11.8 Å². The molecular formula is C14H26N2O. The maximum Gasteiger partial charge on any atom is 0.224 e. The molecule has 0 spiro atoms. The first-order valence-corrected chi connectivity index (χ1v) is 7.09. The number of amides is 1. The van der Waals surface area contributed by atoms with Crippen molar-refractivity contribution in [1.82, 2.24) is 10.6 Å². The zero-order valence-electron chi connectivity index (χ0n) is 11.3. The van der Waals surface area contributed by atoms with Gasteiger partial charge in [0.25, 0.3) is 0 Å². The van der Waals surface area contributed by atoms with E-state index >= 15 is 0 Å². The summed E-state index contributed by atoms with van der Waals surface area (Å²) in [6, 6.07) is 0.412. The predicted octanol–water partition coefficient (Wildman–Crippen LogP) is 1.78. The third-order valence-electron chi connectivity index (χ3n) is 4.73. The second-order valence-corrected chi connectivity index (χ2v) is 6.22. The van der Waals surface area contributed by atoms with E-state index in [1.54, 1.807) is 0 Å². The molecule has 3 nitrogen and oxygen atoms in total.